The van der Waals surface area contributed by atoms with Crippen LogP contribution in [0.4, 0.5) is 0 Å². The first-order chi connectivity index (χ1) is 7.56. The lowest BCUT2D eigenvalue weighted by atomic mass is 10.1. The van der Waals surface area contributed by atoms with Gasteiger partial charge in [0, 0.05) is 16.2 Å². The summed E-state index contributed by atoms with van der Waals surface area (Å²) in [5.41, 5.74) is 7.43. The van der Waals surface area contributed by atoms with Crippen LogP contribution in [0.3, 0.4) is 0 Å². The second-order valence-electron chi connectivity index (χ2n) is 4.62. The van der Waals surface area contributed by atoms with Crippen molar-refractivity contribution in [3.63, 3.8) is 0 Å². The normalized spacial score (nSPS) is 15.1. The maximum Gasteiger partial charge on any atom is 0.0303 e. The van der Waals surface area contributed by atoms with Crippen LogP contribution in [0.2, 0.25) is 0 Å². The lowest BCUT2D eigenvalue weighted by molar-refractivity contribution is 0.640. The van der Waals surface area contributed by atoms with Gasteiger partial charge in [-0.2, -0.15) is 0 Å². The third-order valence-corrected chi connectivity index (χ3v) is 4.55. The van der Waals surface area contributed by atoms with Crippen LogP contribution < -0.4 is 5.73 Å². The summed E-state index contributed by atoms with van der Waals surface area (Å²) >= 11 is 1.94. The molecule has 0 heterocycles. The van der Waals surface area contributed by atoms with Crippen molar-refractivity contribution in [2.45, 2.75) is 50.3 Å². The van der Waals surface area contributed by atoms with Gasteiger partial charge in [0.1, 0.15) is 0 Å². The molecule has 1 aromatic carbocycles. The lowest BCUT2D eigenvalue weighted by Gasteiger charge is -2.19. The maximum absolute atomic E-state index is 6.13. The van der Waals surface area contributed by atoms with Crippen molar-refractivity contribution in [3.8, 4) is 0 Å². The van der Waals surface area contributed by atoms with Crippen LogP contribution in [0.5, 0.6) is 0 Å². The Bertz CT molecular complexity index is 322. The van der Waals surface area contributed by atoms with Crippen LogP contribution in [-0.4, -0.2) is 5.25 Å². The summed E-state index contributed by atoms with van der Waals surface area (Å²) in [6, 6.07) is 8.69. The molecule has 0 aliphatic heterocycles. The number of benzene rings is 1. The van der Waals surface area contributed by atoms with Gasteiger partial charge in [-0.15, -0.1) is 11.8 Å². The molecule has 1 nitrogen and oxygen atoms in total. The number of hydrogen-bond acceptors (Lipinski definition) is 2. The summed E-state index contributed by atoms with van der Waals surface area (Å²) in [5.74, 6) is 0.691. The van der Waals surface area contributed by atoms with Gasteiger partial charge in [0.25, 0.3) is 0 Å². The van der Waals surface area contributed by atoms with Crippen molar-refractivity contribution in [3.05, 3.63) is 29.8 Å². The van der Waals surface area contributed by atoms with E-state index in [0.717, 1.165) is 6.42 Å². The molecule has 2 unspecified atom stereocenters. The van der Waals surface area contributed by atoms with Crippen molar-refractivity contribution in [1.29, 1.82) is 0 Å². The largest absolute Gasteiger partial charge is 0.324 e. The zero-order valence-electron chi connectivity index (χ0n) is 10.7. The molecule has 0 amide bonds. The first-order valence-corrected chi connectivity index (χ1v) is 6.95. The third kappa shape index (κ3) is 3.53. The maximum atomic E-state index is 6.13. The third-order valence-electron chi connectivity index (χ3n) is 3.01. The molecule has 0 aliphatic rings. The molecular formula is C14H23NS. The fraction of sp³-hybridized carbons (Fsp3) is 0.571. The quantitative estimate of drug-likeness (QED) is 0.775. The van der Waals surface area contributed by atoms with Crippen LogP contribution in [0.25, 0.3) is 0 Å². The Kier molecular flexibility index (Phi) is 5.36. The fourth-order valence-corrected chi connectivity index (χ4v) is 2.64. The van der Waals surface area contributed by atoms with Crippen molar-refractivity contribution in [1.82, 2.24) is 0 Å². The summed E-state index contributed by atoms with van der Waals surface area (Å²) in [6.07, 6.45) is 0.994. The monoisotopic (exact) mass is 237 g/mol. The van der Waals surface area contributed by atoms with E-state index in [1.54, 1.807) is 0 Å². The van der Waals surface area contributed by atoms with E-state index in [1.807, 2.05) is 11.8 Å². The second kappa shape index (κ2) is 6.31. The Balaban J connectivity index is 2.86. The Hall–Kier alpha value is -0.470. The first-order valence-electron chi connectivity index (χ1n) is 6.07. The molecule has 0 bridgehead atoms. The second-order valence-corrected chi connectivity index (χ2v) is 6.04. The standard InChI is InChI=1S/C14H23NS/c1-5-13(15)12-8-6-7-9-14(12)16-11(4)10(2)3/h6-11,13H,5,15H2,1-4H3. The molecular weight excluding hydrogens is 214 g/mol. The van der Waals surface area contributed by atoms with Crippen molar-refractivity contribution < 1.29 is 0 Å². The van der Waals surface area contributed by atoms with E-state index in [2.05, 4.69) is 52.0 Å². The first kappa shape index (κ1) is 13.6. The van der Waals surface area contributed by atoms with Gasteiger partial charge < -0.3 is 5.73 Å². The molecule has 2 atom stereocenters. The molecule has 0 aliphatic carbocycles. The predicted molar refractivity (Wildman–Crippen MR) is 73.8 cm³/mol. The molecule has 0 radical (unpaired) electrons. The Morgan fingerprint density at radius 2 is 1.81 bits per heavy atom. The highest BCUT2D eigenvalue weighted by atomic mass is 32.2. The SMILES string of the molecule is CCC(N)c1ccccc1SC(C)C(C)C. The molecule has 0 fully saturated rings. The molecule has 2 heteroatoms. The average molecular weight is 237 g/mol. The zero-order valence-corrected chi connectivity index (χ0v) is 11.6. The minimum atomic E-state index is 0.170. The molecule has 0 saturated carbocycles. The van der Waals surface area contributed by atoms with E-state index in [9.17, 15) is 0 Å². The van der Waals surface area contributed by atoms with Gasteiger partial charge in [-0.25, -0.2) is 0 Å². The van der Waals surface area contributed by atoms with Crippen molar-refractivity contribution in [2.75, 3.05) is 0 Å². The zero-order chi connectivity index (χ0) is 12.1. The van der Waals surface area contributed by atoms with Crippen LogP contribution in [-0.2, 0) is 0 Å². The van der Waals surface area contributed by atoms with E-state index in [-0.39, 0.29) is 6.04 Å². The van der Waals surface area contributed by atoms with Gasteiger partial charge in [-0.05, 0) is 24.0 Å². The molecule has 0 saturated heterocycles. The van der Waals surface area contributed by atoms with Gasteiger partial charge >= 0.3 is 0 Å². The summed E-state index contributed by atoms with van der Waals surface area (Å²) in [6.45, 7) is 8.95. The minimum absolute atomic E-state index is 0.170. The number of thioether (sulfide) groups is 1. The van der Waals surface area contributed by atoms with E-state index >= 15 is 0 Å². The molecule has 1 aromatic rings. The minimum Gasteiger partial charge on any atom is -0.324 e. The Morgan fingerprint density at radius 3 is 2.38 bits per heavy atom. The molecule has 2 N–H and O–H groups in total. The summed E-state index contributed by atoms with van der Waals surface area (Å²) in [7, 11) is 0. The van der Waals surface area contributed by atoms with E-state index < -0.39 is 0 Å². The van der Waals surface area contributed by atoms with Crippen molar-refractivity contribution in [2.24, 2.45) is 11.7 Å². The molecule has 0 spiro atoms. The molecule has 90 valence electrons. The highest BCUT2D eigenvalue weighted by Crippen LogP contribution is 2.33. The summed E-state index contributed by atoms with van der Waals surface area (Å²) in [4.78, 5) is 1.35. The van der Waals surface area contributed by atoms with Gasteiger partial charge in [-0.3, -0.25) is 0 Å². The molecule has 0 aromatic heterocycles. The van der Waals surface area contributed by atoms with Gasteiger partial charge in [-0.1, -0.05) is 45.9 Å². The smallest absolute Gasteiger partial charge is 0.0303 e. The molecule has 16 heavy (non-hydrogen) atoms. The highest BCUT2D eigenvalue weighted by Gasteiger charge is 2.14. The van der Waals surface area contributed by atoms with Crippen LogP contribution in [0, 0.1) is 5.92 Å². The van der Waals surface area contributed by atoms with E-state index in [0.29, 0.717) is 11.2 Å². The van der Waals surface area contributed by atoms with Crippen LogP contribution >= 0.6 is 11.8 Å². The highest BCUT2D eigenvalue weighted by molar-refractivity contribution is 8.00. The summed E-state index contributed by atoms with van der Waals surface area (Å²) < 4.78 is 0. The van der Waals surface area contributed by atoms with Gasteiger partial charge in [0.2, 0.25) is 0 Å². The summed E-state index contributed by atoms with van der Waals surface area (Å²) in [5, 5.41) is 0.630. The number of nitrogens with two attached hydrogens (primary N) is 1. The lowest BCUT2D eigenvalue weighted by Crippen LogP contribution is -2.11. The fourth-order valence-electron chi connectivity index (χ4n) is 1.45. The number of hydrogen-bond donors (Lipinski definition) is 1. The Labute approximate surface area is 104 Å². The van der Waals surface area contributed by atoms with Gasteiger partial charge in [0.15, 0.2) is 0 Å². The van der Waals surface area contributed by atoms with Gasteiger partial charge in [0.05, 0.1) is 0 Å². The van der Waals surface area contributed by atoms with E-state index in [1.165, 1.54) is 10.5 Å². The number of rotatable bonds is 5. The van der Waals surface area contributed by atoms with Crippen LogP contribution in [0.15, 0.2) is 29.2 Å². The molecule has 1 rings (SSSR count). The van der Waals surface area contributed by atoms with E-state index in [4.69, 9.17) is 5.73 Å². The topological polar surface area (TPSA) is 26.0 Å². The van der Waals surface area contributed by atoms with Crippen molar-refractivity contribution >= 4 is 11.8 Å². The van der Waals surface area contributed by atoms with Crippen LogP contribution in [0.1, 0.15) is 45.7 Å². The average Bonchev–Trinajstić information content (AvgIpc) is 2.28. The predicted octanol–water partition coefficient (Wildman–Crippen LogP) is 4.23. The Morgan fingerprint density at radius 1 is 1.19 bits per heavy atom.